The van der Waals surface area contributed by atoms with Gasteiger partial charge >= 0.3 is 0 Å². The van der Waals surface area contributed by atoms with Crippen molar-refractivity contribution in [2.75, 3.05) is 12.3 Å². The standard InChI is InChI=1S/C18H23NS/c1-2-13-19-15-17-8-10-18(11-9-17)20-14-12-16-6-4-3-5-7-16/h3-11,19H,2,12-15H2,1H3. The first-order valence-electron chi connectivity index (χ1n) is 7.35. The predicted octanol–water partition coefficient (Wildman–Crippen LogP) is 4.52. The van der Waals surface area contributed by atoms with E-state index in [0.717, 1.165) is 25.3 Å². The molecule has 0 saturated heterocycles. The van der Waals surface area contributed by atoms with Crippen LogP contribution in [0.1, 0.15) is 24.5 Å². The van der Waals surface area contributed by atoms with Crippen molar-refractivity contribution in [2.45, 2.75) is 31.2 Å². The predicted molar refractivity (Wildman–Crippen MR) is 89.3 cm³/mol. The van der Waals surface area contributed by atoms with E-state index < -0.39 is 0 Å². The minimum absolute atomic E-state index is 0.975. The van der Waals surface area contributed by atoms with E-state index in [0.29, 0.717) is 0 Å². The molecule has 0 aliphatic carbocycles. The summed E-state index contributed by atoms with van der Waals surface area (Å²) in [7, 11) is 0. The van der Waals surface area contributed by atoms with Crippen LogP contribution in [-0.2, 0) is 13.0 Å². The van der Waals surface area contributed by atoms with Gasteiger partial charge in [0.15, 0.2) is 0 Å². The molecule has 2 aromatic rings. The molecule has 0 aliphatic rings. The third-order valence-corrected chi connectivity index (χ3v) is 4.20. The van der Waals surface area contributed by atoms with Crippen molar-refractivity contribution in [2.24, 2.45) is 0 Å². The van der Waals surface area contributed by atoms with Crippen LogP contribution < -0.4 is 5.32 Å². The van der Waals surface area contributed by atoms with Crippen molar-refractivity contribution in [1.29, 1.82) is 0 Å². The van der Waals surface area contributed by atoms with Crippen LogP contribution in [0, 0.1) is 0 Å². The molecule has 2 heteroatoms. The number of aryl methyl sites for hydroxylation is 1. The van der Waals surface area contributed by atoms with E-state index in [4.69, 9.17) is 0 Å². The van der Waals surface area contributed by atoms with Gasteiger partial charge in [0.25, 0.3) is 0 Å². The van der Waals surface area contributed by atoms with Crippen LogP contribution in [0.4, 0.5) is 0 Å². The summed E-state index contributed by atoms with van der Waals surface area (Å²) in [5.41, 5.74) is 2.78. The molecule has 0 spiro atoms. The van der Waals surface area contributed by atoms with Crippen molar-refractivity contribution < 1.29 is 0 Å². The Morgan fingerprint density at radius 2 is 1.65 bits per heavy atom. The summed E-state index contributed by atoms with van der Waals surface area (Å²) in [5.74, 6) is 1.14. The molecule has 1 N–H and O–H groups in total. The zero-order valence-electron chi connectivity index (χ0n) is 12.1. The SMILES string of the molecule is CCCNCc1ccc(SCCc2ccccc2)cc1. The van der Waals surface area contributed by atoms with Crippen molar-refractivity contribution in [3.05, 3.63) is 65.7 Å². The lowest BCUT2D eigenvalue weighted by Crippen LogP contribution is -2.13. The van der Waals surface area contributed by atoms with E-state index in [1.165, 1.54) is 22.4 Å². The lowest BCUT2D eigenvalue weighted by atomic mass is 10.2. The molecule has 0 atom stereocenters. The normalized spacial score (nSPS) is 10.7. The van der Waals surface area contributed by atoms with Gasteiger partial charge in [0.2, 0.25) is 0 Å². The molecule has 0 heterocycles. The highest BCUT2D eigenvalue weighted by Crippen LogP contribution is 2.19. The molecule has 0 saturated carbocycles. The van der Waals surface area contributed by atoms with Crippen LogP contribution in [0.5, 0.6) is 0 Å². The largest absolute Gasteiger partial charge is 0.313 e. The van der Waals surface area contributed by atoms with Gasteiger partial charge in [-0.1, -0.05) is 49.4 Å². The summed E-state index contributed by atoms with van der Waals surface area (Å²) < 4.78 is 0. The molecule has 20 heavy (non-hydrogen) atoms. The van der Waals surface area contributed by atoms with Gasteiger partial charge in [0, 0.05) is 17.2 Å². The lowest BCUT2D eigenvalue weighted by Gasteiger charge is -2.05. The molecule has 2 aromatic carbocycles. The van der Waals surface area contributed by atoms with E-state index in [2.05, 4.69) is 66.8 Å². The van der Waals surface area contributed by atoms with E-state index in [1.807, 2.05) is 11.8 Å². The Labute approximate surface area is 126 Å². The van der Waals surface area contributed by atoms with Gasteiger partial charge in [-0.3, -0.25) is 0 Å². The fourth-order valence-electron chi connectivity index (χ4n) is 2.04. The second-order valence-electron chi connectivity index (χ2n) is 4.90. The highest BCUT2D eigenvalue weighted by atomic mass is 32.2. The zero-order valence-corrected chi connectivity index (χ0v) is 13.0. The second-order valence-corrected chi connectivity index (χ2v) is 6.07. The van der Waals surface area contributed by atoms with Crippen LogP contribution >= 0.6 is 11.8 Å². The Bertz CT molecular complexity index is 479. The second kappa shape index (κ2) is 8.83. The first kappa shape index (κ1) is 15.1. The Kier molecular flexibility index (Phi) is 6.69. The molecule has 1 nitrogen and oxygen atoms in total. The maximum Gasteiger partial charge on any atom is 0.0205 e. The third kappa shape index (κ3) is 5.40. The van der Waals surface area contributed by atoms with Gasteiger partial charge in [0.05, 0.1) is 0 Å². The highest BCUT2D eigenvalue weighted by Gasteiger charge is 1.97. The van der Waals surface area contributed by atoms with Crippen molar-refractivity contribution >= 4 is 11.8 Å². The molecule has 0 fully saturated rings. The highest BCUT2D eigenvalue weighted by molar-refractivity contribution is 7.99. The summed E-state index contributed by atoms with van der Waals surface area (Å²) in [6.07, 6.45) is 2.32. The molecule has 106 valence electrons. The first-order chi connectivity index (χ1) is 9.88. The van der Waals surface area contributed by atoms with E-state index in [-0.39, 0.29) is 0 Å². The van der Waals surface area contributed by atoms with Gasteiger partial charge in [-0.25, -0.2) is 0 Å². The van der Waals surface area contributed by atoms with Crippen molar-refractivity contribution in [3.63, 3.8) is 0 Å². The third-order valence-electron chi connectivity index (χ3n) is 3.18. The summed E-state index contributed by atoms with van der Waals surface area (Å²) in [5, 5.41) is 3.43. The van der Waals surface area contributed by atoms with Gasteiger partial charge < -0.3 is 5.32 Å². The average molecular weight is 285 g/mol. The minimum Gasteiger partial charge on any atom is -0.313 e. The summed E-state index contributed by atoms with van der Waals surface area (Å²) in [6.45, 7) is 4.26. The van der Waals surface area contributed by atoms with Crippen LogP contribution in [0.2, 0.25) is 0 Å². The summed E-state index contributed by atoms with van der Waals surface area (Å²) in [4.78, 5) is 1.36. The molecule has 0 aliphatic heterocycles. The Morgan fingerprint density at radius 3 is 2.35 bits per heavy atom. The van der Waals surface area contributed by atoms with Crippen LogP contribution in [0.25, 0.3) is 0 Å². The van der Waals surface area contributed by atoms with E-state index in [9.17, 15) is 0 Å². The first-order valence-corrected chi connectivity index (χ1v) is 8.33. The maximum absolute atomic E-state index is 3.43. The molecule has 0 radical (unpaired) electrons. The molecule has 0 aromatic heterocycles. The molecular formula is C18H23NS. The fourth-order valence-corrected chi connectivity index (χ4v) is 2.95. The van der Waals surface area contributed by atoms with Gasteiger partial charge in [-0.2, -0.15) is 0 Å². The number of hydrogen-bond donors (Lipinski definition) is 1. The zero-order chi connectivity index (χ0) is 14.0. The quantitative estimate of drug-likeness (QED) is 0.565. The Balaban J connectivity index is 1.73. The molecular weight excluding hydrogens is 262 g/mol. The minimum atomic E-state index is 0.975. The summed E-state index contributed by atoms with van der Waals surface area (Å²) >= 11 is 1.93. The molecule has 0 amide bonds. The summed E-state index contributed by atoms with van der Waals surface area (Å²) in [6, 6.07) is 19.6. The fraction of sp³-hybridized carbons (Fsp3) is 0.333. The van der Waals surface area contributed by atoms with Crippen molar-refractivity contribution in [3.8, 4) is 0 Å². The smallest absolute Gasteiger partial charge is 0.0205 e. The van der Waals surface area contributed by atoms with Crippen LogP contribution in [0.3, 0.4) is 0 Å². The molecule has 0 unspecified atom stereocenters. The molecule has 2 rings (SSSR count). The molecule has 0 bridgehead atoms. The number of rotatable bonds is 8. The Morgan fingerprint density at radius 1 is 0.900 bits per heavy atom. The number of hydrogen-bond acceptors (Lipinski definition) is 2. The van der Waals surface area contributed by atoms with Crippen LogP contribution in [-0.4, -0.2) is 12.3 Å². The number of nitrogens with one attached hydrogen (secondary N) is 1. The topological polar surface area (TPSA) is 12.0 Å². The lowest BCUT2D eigenvalue weighted by molar-refractivity contribution is 0.675. The average Bonchev–Trinajstić information content (AvgIpc) is 2.50. The number of thioether (sulfide) groups is 1. The maximum atomic E-state index is 3.43. The van der Waals surface area contributed by atoms with Crippen LogP contribution in [0.15, 0.2) is 59.5 Å². The van der Waals surface area contributed by atoms with Gasteiger partial charge in [-0.05, 0) is 42.6 Å². The van der Waals surface area contributed by atoms with Gasteiger partial charge in [0.1, 0.15) is 0 Å². The van der Waals surface area contributed by atoms with Crippen molar-refractivity contribution in [1.82, 2.24) is 5.32 Å². The van der Waals surface area contributed by atoms with E-state index >= 15 is 0 Å². The van der Waals surface area contributed by atoms with E-state index in [1.54, 1.807) is 0 Å². The number of benzene rings is 2. The van der Waals surface area contributed by atoms with Gasteiger partial charge in [-0.15, -0.1) is 11.8 Å². The Hall–Kier alpha value is -1.25. The monoisotopic (exact) mass is 285 g/mol.